The maximum absolute atomic E-state index is 9.99. The largest absolute Gasteiger partial charge is 0.393 e. The summed E-state index contributed by atoms with van der Waals surface area (Å²) in [7, 11) is 0. The average Bonchev–Trinajstić information content (AvgIpc) is 2.02. The van der Waals surface area contributed by atoms with Crippen LogP contribution in [0, 0.1) is 23.7 Å². The molecule has 0 radical (unpaired) electrons. The first-order valence-electron chi connectivity index (χ1n) is 5.86. The zero-order chi connectivity index (χ0) is 9.42. The van der Waals surface area contributed by atoms with E-state index in [0.29, 0.717) is 11.8 Å². The number of aliphatic hydroxyl groups is 1. The number of hydrogen-bond donors (Lipinski definition) is 1. The van der Waals surface area contributed by atoms with Crippen molar-refractivity contribution < 1.29 is 5.11 Å². The zero-order valence-electron chi connectivity index (χ0n) is 8.87. The van der Waals surface area contributed by atoms with Gasteiger partial charge in [0, 0.05) is 0 Å². The van der Waals surface area contributed by atoms with Crippen molar-refractivity contribution in [3.05, 3.63) is 0 Å². The summed E-state index contributed by atoms with van der Waals surface area (Å²) in [6, 6.07) is 0. The number of hydrogen-bond acceptors (Lipinski definition) is 1. The minimum absolute atomic E-state index is 0.0451. The van der Waals surface area contributed by atoms with Crippen LogP contribution in [0.4, 0.5) is 0 Å². The molecule has 76 valence electrons. The van der Waals surface area contributed by atoms with E-state index in [1.807, 2.05) is 0 Å². The molecule has 0 aromatic carbocycles. The van der Waals surface area contributed by atoms with Gasteiger partial charge in [-0.1, -0.05) is 20.3 Å². The normalized spacial score (nSPS) is 45.2. The molecule has 0 spiro atoms. The Bertz CT molecular complexity index is 162. The minimum atomic E-state index is 0.0451. The lowest BCUT2D eigenvalue weighted by molar-refractivity contribution is -0.0418. The van der Waals surface area contributed by atoms with Gasteiger partial charge in [0.2, 0.25) is 0 Å². The van der Waals surface area contributed by atoms with E-state index in [4.69, 9.17) is 0 Å². The molecule has 2 fully saturated rings. The van der Waals surface area contributed by atoms with Crippen LogP contribution in [0.2, 0.25) is 0 Å². The molecule has 2 saturated carbocycles. The molecule has 0 aromatic heterocycles. The molecule has 2 unspecified atom stereocenters. The van der Waals surface area contributed by atoms with Crippen LogP contribution in [0.25, 0.3) is 0 Å². The summed E-state index contributed by atoms with van der Waals surface area (Å²) >= 11 is 0. The molecule has 2 aliphatic carbocycles. The van der Waals surface area contributed by atoms with Gasteiger partial charge in [-0.2, -0.15) is 0 Å². The molecular formula is C12H22O. The van der Waals surface area contributed by atoms with Gasteiger partial charge in [-0.05, 0) is 49.4 Å². The van der Waals surface area contributed by atoms with E-state index in [2.05, 4.69) is 13.8 Å². The fourth-order valence-electron chi connectivity index (χ4n) is 3.30. The highest BCUT2D eigenvalue weighted by Crippen LogP contribution is 2.44. The highest BCUT2D eigenvalue weighted by Gasteiger charge is 2.39. The summed E-state index contributed by atoms with van der Waals surface area (Å²) in [6.45, 7) is 4.66. The Morgan fingerprint density at radius 2 is 1.62 bits per heavy atom. The van der Waals surface area contributed by atoms with E-state index in [0.717, 1.165) is 11.8 Å². The second-order valence-corrected chi connectivity index (χ2v) is 5.42. The lowest BCUT2D eigenvalue weighted by Crippen LogP contribution is -2.41. The van der Waals surface area contributed by atoms with E-state index < -0.39 is 0 Å². The first-order valence-corrected chi connectivity index (χ1v) is 5.86. The van der Waals surface area contributed by atoms with Crippen molar-refractivity contribution in [2.24, 2.45) is 23.7 Å². The molecule has 0 aromatic rings. The van der Waals surface area contributed by atoms with Crippen molar-refractivity contribution in [3.63, 3.8) is 0 Å². The SMILES string of the molecule is CC(C)C1C[C@H]2CCC[C@@H](C1)C2O. The molecule has 13 heavy (non-hydrogen) atoms. The van der Waals surface area contributed by atoms with Gasteiger partial charge in [-0.3, -0.25) is 0 Å². The van der Waals surface area contributed by atoms with Gasteiger partial charge in [0.05, 0.1) is 6.10 Å². The Labute approximate surface area is 81.5 Å². The second kappa shape index (κ2) is 3.61. The summed E-state index contributed by atoms with van der Waals surface area (Å²) in [4.78, 5) is 0. The quantitative estimate of drug-likeness (QED) is 0.661. The fraction of sp³-hybridized carbons (Fsp3) is 1.00. The summed E-state index contributed by atoms with van der Waals surface area (Å²) in [5, 5.41) is 9.99. The summed E-state index contributed by atoms with van der Waals surface area (Å²) in [5.74, 6) is 2.98. The third-order valence-electron chi connectivity index (χ3n) is 4.27. The monoisotopic (exact) mass is 182 g/mol. The van der Waals surface area contributed by atoms with Crippen LogP contribution in [-0.4, -0.2) is 11.2 Å². The summed E-state index contributed by atoms with van der Waals surface area (Å²) < 4.78 is 0. The van der Waals surface area contributed by atoms with Crippen molar-refractivity contribution in [1.29, 1.82) is 0 Å². The van der Waals surface area contributed by atoms with Gasteiger partial charge in [-0.25, -0.2) is 0 Å². The Hall–Kier alpha value is -0.0400. The molecular weight excluding hydrogens is 160 g/mol. The Morgan fingerprint density at radius 3 is 2.08 bits per heavy atom. The summed E-state index contributed by atoms with van der Waals surface area (Å²) in [6.07, 6.45) is 6.53. The Balaban J connectivity index is 2.03. The van der Waals surface area contributed by atoms with Crippen molar-refractivity contribution in [3.8, 4) is 0 Å². The number of fused-ring (bicyclic) bond motifs is 2. The molecule has 4 atom stereocenters. The van der Waals surface area contributed by atoms with E-state index >= 15 is 0 Å². The van der Waals surface area contributed by atoms with Crippen LogP contribution >= 0.6 is 0 Å². The van der Waals surface area contributed by atoms with Crippen LogP contribution in [0.3, 0.4) is 0 Å². The topological polar surface area (TPSA) is 20.2 Å². The fourth-order valence-corrected chi connectivity index (χ4v) is 3.30. The maximum atomic E-state index is 9.99. The summed E-state index contributed by atoms with van der Waals surface area (Å²) in [5.41, 5.74) is 0. The maximum Gasteiger partial charge on any atom is 0.0596 e. The predicted octanol–water partition coefficient (Wildman–Crippen LogP) is 2.83. The van der Waals surface area contributed by atoms with Crippen LogP contribution in [0.5, 0.6) is 0 Å². The highest BCUT2D eigenvalue weighted by atomic mass is 16.3. The molecule has 0 aliphatic heterocycles. The van der Waals surface area contributed by atoms with Gasteiger partial charge < -0.3 is 5.11 Å². The van der Waals surface area contributed by atoms with E-state index in [1.165, 1.54) is 32.1 Å². The molecule has 0 heterocycles. The van der Waals surface area contributed by atoms with E-state index in [-0.39, 0.29) is 6.10 Å². The smallest absolute Gasteiger partial charge is 0.0596 e. The zero-order valence-corrected chi connectivity index (χ0v) is 8.87. The van der Waals surface area contributed by atoms with Gasteiger partial charge in [0.25, 0.3) is 0 Å². The van der Waals surface area contributed by atoms with Gasteiger partial charge in [-0.15, -0.1) is 0 Å². The van der Waals surface area contributed by atoms with Crippen molar-refractivity contribution >= 4 is 0 Å². The Kier molecular flexibility index (Phi) is 2.64. The molecule has 1 nitrogen and oxygen atoms in total. The molecule has 1 heteroatoms. The lowest BCUT2D eigenvalue weighted by atomic mass is 9.64. The predicted molar refractivity (Wildman–Crippen MR) is 54.4 cm³/mol. The number of aliphatic hydroxyl groups excluding tert-OH is 1. The van der Waals surface area contributed by atoms with Crippen LogP contribution in [0.1, 0.15) is 46.0 Å². The third kappa shape index (κ3) is 1.76. The Morgan fingerprint density at radius 1 is 1.08 bits per heavy atom. The van der Waals surface area contributed by atoms with Gasteiger partial charge in [0.1, 0.15) is 0 Å². The van der Waals surface area contributed by atoms with Crippen LogP contribution in [-0.2, 0) is 0 Å². The van der Waals surface area contributed by atoms with Crippen molar-refractivity contribution in [2.45, 2.75) is 52.1 Å². The van der Waals surface area contributed by atoms with Gasteiger partial charge >= 0.3 is 0 Å². The number of rotatable bonds is 1. The first-order chi connectivity index (χ1) is 6.18. The highest BCUT2D eigenvalue weighted by molar-refractivity contribution is 4.90. The minimum Gasteiger partial charge on any atom is -0.393 e. The molecule has 0 amide bonds. The molecule has 0 saturated heterocycles. The van der Waals surface area contributed by atoms with Crippen molar-refractivity contribution in [2.75, 3.05) is 0 Å². The van der Waals surface area contributed by atoms with Crippen LogP contribution in [0.15, 0.2) is 0 Å². The molecule has 2 rings (SSSR count). The second-order valence-electron chi connectivity index (χ2n) is 5.42. The van der Waals surface area contributed by atoms with Crippen LogP contribution < -0.4 is 0 Å². The van der Waals surface area contributed by atoms with E-state index in [9.17, 15) is 5.11 Å². The van der Waals surface area contributed by atoms with Crippen molar-refractivity contribution in [1.82, 2.24) is 0 Å². The standard InChI is InChI=1S/C12H22O/c1-8(2)11-6-9-4-3-5-10(7-11)12(9)13/h8-13H,3-7H2,1-2H3/t9-,10+,11?,12?. The molecule has 2 bridgehead atoms. The van der Waals surface area contributed by atoms with Gasteiger partial charge in [0.15, 0.2) is 0 Å². The average molecular weight is 182 g/mol. The lowest BCUT2D eigenvalue weighted by Gasteiger charge is -2.44. The van der Waals surface area contributed by atoms with E-state index in [1.54, 1.807) is 0 Å². The molecule has 2 aliphatic rings. The molecule has 1 N–H and O–H groups in total. The first kappa shape index (κ1) is 9.51. The third-order valence-corrected chi connectivity index (χ3v) is 4.27.